The zero-order chi connectivity index (χ0) is 12.1. The molecule has 0 aliphatic rings. The summed E-state index contributed by atoms with van der Waals surface area (Å²) in [4.78, 5) is 10.9. The quantitative estimate of drug-likeness (QED) is 0.905. The first kappa shape index (κ1) is 13.2. The highest BCUT2D eigenvalue weighted by Gasteiger charge is 2.21. The van der Waals surface area contributed by atoms with E-state index in [4.69, 9.17) is 9.84 Å². The Hall–Kier alpha value is -0.870. The van der Waals surface area contributed by atoms with E-state index in [2.05, 4.69) is 15.9 Å². The lowest BCUT2D eigenvalue weighted by Crippen LogP contribution is -2.29. The van der Waals surface area contributed by atoms with E-state index in [-0.39, 0.29) is 5.92 Å². The molecule has 16 heavy (non-hydrogen) atoms. The Bertz CT molecular complexity index is 363. The number of carbonyl (C=O) groups is 1. The molecule has 0 amide bonds. The summed E-state index contributed by atoms with van der Waals surface area (Å²) in [6.07, 6.45) is -0.751. The van der Waals surface area contributed by atoms with Crippen LogP contribution in [-0.2, 0) is 16.1 Å². The van der Waals surface area contributed by atoms with Crippen molar-refractivity contribution in [2.24, 2.45) is 5.92 Å². The van der Waals surface area contributed by atoms with Crippen LogP contribution in [0.2, 0.25) is 0 Å². The summed E-state index contributed by atoms with van der Waals surface area (Å²) in [5.41, 5.74) is 0.960. The van der Waals surface area contributed by atoms with Crippen molar-refractivity contribution in [2.45, 2.75) is 26.6 Å². The summed E-state index contributed by atoms with van der Waals surface area (Å²) in [5.74, 6) is -0.949. The van der Waals surface area contributed by atoms with Crippen molar-refractivity contribution >= 4 is 21.9 Å². The molecular formula is C12H15BrO3. The molecule has 88 valence electrons. The minimum Gasteiger partial charge on any atom is -0.479 e. The Kier molecular flexibility index (Phi) is 4.96. The normalized spacial score (nSPS) is 12.8. The van der Waals surface area contributed by atoms with Crippen LogP contribution in [0.4, 0.5) is 0 Å². The van der Waals surface area contributed by atoms with Crippen molar-refractivity contribution in [3.8, 4) is 0 Å². The molecule has 0 saturated carbocycles. The molecular weight excluding hydrogens is 272 g/mol. The molecule has 0 radical (unpaired) electrons. The van der Waals surface area contributed by atoms with E-state index in [0.29, 0.717) is 6.61 Å². The topological polar surface area (TPSA) is 46.5 Å². The molecule has 0 fully saturated rings. The molecule has 1 N–H and O–H groups in total. The summed E-state index contributed by atoms with van der Waals surface area (Å²) in [6, 6.07) is 7.64. The number of halogens is 1. The molecule has 0 aromatic heterocycles. The second-order valence-electron chi connectivity index (χ2n) is 3.94. The largest absolute Gasteiger partial charge is 0.479 e. The van der Waals surface area contributed by atoms with Gasteiger partial charge in [0.1, 0.15) is 0 Å². The van der Waals surface area contributed by atoms with Crippen molar-refractivity contribution in [3.05, 3.63) is 34.3 Å². The Morgan fingerprint density at radius 1 is 1.50 bits per heavy atom. The molecule has 4 heteroatoms. The van der Waals surface area contributed by atoms with Gasteiger partial charge in [0.2, 0.25) is 0 Å². The number of rotatable bonds is 5. The average Bonchev–Trinajstić information content (AvgIpc) is 2.16. The molecule has 0 heterocycles. The summed E-state index contributed by atoms with van der Waals surface area (Å²) in [7, 11) is 0. The van der Waals surface area contributed by atoms with Crippen molar-refractivity contribution < 1.29 is 14.6 Å². The van der Waals surface area contributed by atoms with Gasteiger partial charge in [0, 0.05) is 4.47 Å². The van der Waals surface area contributed by atoms with Crippen LogP contribution in [0.5, 0.6) is 0 Å². The second kappa shape index (κ2) is 6.01. The monoisotopic (exact) mass is 286 g/mol. The van der Waals surface area contributed by atoms with Gasteiger partial charge in [0.15, 0.2) is 6.10 Å². The van der Waals surface area contributed by atoms with Gasteiger partial charge in [-0.3, -0.25) is 0 Å². The Balaban J connectivity index is 2.59. The van der Waals surface area contributed by atoms with Gasteiger partial charge in [-0.1, -0.05) is 41.9 Å². The molecule has 0 bridgehead atoms. The first-order chi connectivity index (χ1) is 7.50. The number of hydrogen-bond acceptors (Lipinski definition) is 2. The van der Waals surface area contributed by atoms with Crippen molar-refractivity contribution in [2.75, 3.05) is 0 Å². The fourth-order valence-electron chi connectivity index (χ4n) is 1.36. The van der Waals surface area contributed by atoms with Crippen LogP contribution in [0.3, 0.4) is 0 Å². The Morgan fingerprint density at radius 3 is 2.69 bits per heavy atom. The van der Waals surface area contributed by atoms with E-state index in [1.165, 1.54) is 0 Å². The van der Waals surface area contributed by atoms with E-state index in [9.17, 15) is 4.79 Å². The van der Waals surface area contributed by atoms with E-state index in [0.717, 1.165) is 10.0 Å². The zero-order valence-corrected chi connectivity index (χ0v) is 10.9. The molecule has 3 nitrogen and oxygen atoms in total. The number of carboxylic acids is 1. The molecule has 1 atom stereocenters. The van der Waals surface area contributed by atoms with Crippen LogP contribution >= 0.6 is 15.9 Å². The maximum Gasteiger partial charge on any atom is 0.333 e. The lowest BCUT2D eigenvalue weighted by molar-refractivity contribution is -0.154. The summed E-state index contributed by atoms with van der Waals surface area (Å²) in [6.45, 7) is 3.98. The fourth-order valence-corrected chi connectivity index (χ4v) is 1.81. The third kappa shape index (κ3) is 3.94. The summed E-state index contributed by atoms with van der Waals surface area (Å²) >= 11 is 3.36. The molecule has 0 saturated heterocycles. The average molecular weight is 287 g/mol. The summed E-state index contributed by atoms with van der Waals surface area (Å²) < 4.78 is 6.35. The van der Waals surface area contributed by atoms with Gasteiger partial charge < -0.3 is 9.84 Å². The highest BCUT2D eigenvalue weighted by molar-refractivity contribution is 9.10. The van der Waals surface area contributed by atoms with Gasteiger partial charge in [-0.2, -0.15) is 0 Å². The molecule has 1 unspecified atom stereocenters. The van der Waals surface area contributed by atoms with Crippen LogP contribution in [0, 0.1) is 5.92 Å². The molecule has 1 aromatic carbocycles. The molecule has 1 aromatic rings. The smallest absolute Gasteiger partial charge is 0.333 e. The fraction of sp³-hybridized carbons (Fsp3) is 0.417. The summed E-state index contributed by atoms with van der Waals surface area (Å²) in [5, 5.41) is 8.94. The minimum atomic E-state index is -0.912. The molecule has 1 rings (SSSR count). The SMILES string of the molecule is CC(C)C(OCc1cccc(Br)c1)C(=O)O. The predicted octanol–water partition coefficient (Wildman–Crippen LogP) is 3.07. The third-order valence-electron chi connectivity index (χ3n) is 2.17. The van der Waals surface area contributed by atoms with E-state index < -0.39 is 12.1 Å². The van der Waals surface area contributed by atoms with Crippen molar-refractivity contribution in [1.82, 2.24) is 0 Å². The van der Waals surface area contributed by atoms with Gasteiger partial charge in [-0.25, -0.2) is 4.79 Å². The number of carboxylic acid groups (broad SMARTS) is 1. The van der Waals surface area contributed by atoms with Crippen LogP contribution in [0.1, 0.15) is 19.4 Å². The van der Waals surface area contributed by atoms with Gasteiger partial charge in [0.05, 0.1) is 6.61 Å². The number of hydrogen-bond donors (Lipinski definition) is 1. The highest BCUT2D eigenvalue weighted by Crippen LogP contribution is 2.15. The number of ether oxygens (including phenoxy) is 1. The molecule has 0 spiro atoms. The van der Waals surface area contributed by atoms with Gasteiger partial charge in [-0.15, -0.1) is 0 Å². The lowest BCUT2D eigenvalue weighted by atomic mass is 10.1. The van der Waals surface area contributed by atoms with Gasteiger partial charge >= 0.3 is 5.97 Å². The number of aliphatic carboxylic acids is 1. The van der Waals surface area contributed by atoms with Gasteiger partial charge in [0.25, 0.3) is 0 Å². The number of benzene rings is 1. The van der Waals surface area contributed by atoms with Crippen molar-refractivity contribution in [3.63, 3.8) is 0 Å². The highest BCUT2D eigenvalue weighted by atomic mass is 79.9. The molecule has 0 aliphatic carbocycles. The van der Waals surface area contributed by atoms with E-state index in [1.54, 1.807) is 0 Å². The zero-order valence-electron chi connectivity index (χ0n) is 9.31. The van der Waals surface area contributed by atoms with Crippen LogP contribution in [0.25, 0.3) is 0 Å². The van der Waals surface area contributed by atoms with Crippen LogP contribution in [0.15, 0.2) is 28.7 Å². The first-order valence-corrected chi connectivity index (χ1v) is 5.89. The van der Waals surface area contributed by atoms with Gasteiger partial charge in [-0.05, 0) is 23.6 Å². The van der Waals surface area contributed by atoms with Crippen LogP contribution in [-0.4, -0.2) is 17.2 Å². The Labute approximate surface area is 104 Å². The van der Waals surface area contributed by atoms with Crippen LogP contribution < -0.4 is 0 Å². The van der Waals surface area contributed by atoms with E-state index in [1.807, 2.05) is 38.1 Å². The third-order valence-corrected chi connectivity index (χ3v) is 2.66. The molecule has 0 aliphatic heterocycles. The predicted molar refractivity (Wildman–Crippen MR) is 65.2 cm³/mol. The van der Waals surface area contributed by atoms with Crippen molar-refractivity contribution in [1.29, 1.82) is 0 Å². The maximum absolute atomic E-state index is 10.9. The second-order valence-corrected chi connectivity index (χ2v) is 4.86. The standard InChI is InChI=1S/C12H15BrO3/c1-8(2)11(12(14)15)16-7-9-4-3-5-10(13)6-9/h3-6,8,11H,7H2,1-2H3,(H,14,15). The minimum absolute atomic E-state index is 0.0374. The lowest BCUT2D eigenvalue weighted by Gasteiger charge is -2.17. The maximum atomic E-state index is 10.9. The first-order valence-electron chi connectivity index (χ1n) is 5.09. The Morgan fingerprint density at radius 2 is 2.19 bits per heavy atom. The van der Waals surface area contributed by atoms with E-state index >= 15 is 0 Å².